The van der Waals surface area contributed by atoms with Crippen LogP contribution < -0.4 is 0 Å². The van der Waals surface area contributed by atoms with E-state index < -0.39 is 0 Å². The second-order valence-electron chi connectivity index (χ2n) is 4.35. The third-order valence-corrected chi connectivity index (χ3v) is 3.30. The van der Waals surface area contributed by atoms with Gasteiger partial charge in [-0.15, -0.1) is 0 Å². The summed E-state index contributed by atoms with van der Waals surface area (Å²) in [5.74, 6) is 0.916. The minimum absolute atomic E-state index is 0.171. The van der Waals surface area contributed by atoms with Gasteiger partial charge in [0.05, 0.1) is 0 Å². The monoisotopic (exact) mass is 180 g/mol. The normalized spacial score (nSPS) is 39.6. The summed E-state index contributed by atoms with van der Waals surface area (Å²) in [5, 5.41) is 0. The Balaban J connectivity index is 2.12. The molecule has 3 atom stereocenters. The van der Waals surface area contributed by atoms with Gasteiger partial charge in [-0.3, -0.25) is 0 Å². The molecule has 72 valence electrons. The zero-order valence-electron chi connectivity index (χ0n) is 8.08. The van der Waals surface area contributed by atoms with E-state index in [1.165, 1.54) is 19.3 Å². The minimum Gasteiger partial charge on any atom is -0.458 e. The maximum Gasteiger partial charge on any atom is 0.333 e. The van der Waals surface area contributed by atoms with Gasteiger partial charge in [0, 0.05) is 11.5 Å². The third-order valence-electron chi connectivity index (χ3n) is 3.30. The van der Waals surface area contributed by atoms with Crippen molar-refractivity contribution >= 4 is 5.97 Å². The lowest BCUT2D eigenvalue weighted by Gasteiger charge is -2.39. The van der Waals surface area contributed by atoms with E-state index in [1.54, 1.807) is 0 Å². The number of esters is 1. The summed E-state index contributed by atoms with van der Waals surface area (Å²) in [6.07, 6.45) is 4.69. The van der Waals surface area contributed by atoms with Gasteiger partial charge >= 0.3 is 5.97 Å². The molecule has 0 aromatic heterocycles. The van der Waals surface area contributed by atoms with Crippen molar-refractivity contribution in [3.05, 3.63) is 12.2 Å². The molecule has 2 aliphatic rings. The van der Waals surface area contributed by atoms with Gasteiger partial charge in [-0.05, 0) is 25.2 Å². The van der Waals surface area contributed by atoms with Crippen molar-refractivity contribution in [1.29, 1.82) is 0 Å². The van der Waals surface area contributed by atoms with E-state index in [0.717, 1.165) is 6.42 Å². The standard InChI is InChI=1S/C11H16O2/c1-7-4-3-5-9-6-8(2)11(12)13-10(7)9/h7,9-10H,2-6H2,1H3/t7-,9+,10-/m0/s1. The Kier molecular flexibility index (Phi) is 2.14. The molecule has 2 nitrogen and oxygen atoms in total. The number of hydrogen-bond acceptors (Lipinski definition) is 2. The second kappa shape index (κ2) is 3.17. The molecular formula is C11H16O2. The summed E-state index contributed by atoms with van der Waals surface area (Å²) >= 11 is 0. The van der Waals surface area contributed by atoms with Crippen LogP contribution in [0.1, 0.15) is 32.6 Å². The first-order valence-electron chi connectivity index (χ1n) is 5.07. The molecule has 1 saturated heterocycles. The Morgan fingerprint density at radius 2 is 2.23 bits per heavy atom. The van der Waals surface area contributed by atoms with Crippen molar-refractivity contribution < 1.29 is 9.53 Å². The van der Waals surface area contributed by atoms with E-state index in [2.05, 4.69) is 13.5 Å². The quantitative estimate of drug-likeness (QED) is 0.422. The maximum atomic E-state index is 11.3. The Labute approximate surface area is 79.0 Å². The van der Waals surface area contributed by atoms with Crippen molar-refractivity contribution in [2.45, 2.75) is 38.7 Å². The maximum absolute atomic E-state index is 11.3. The highest BCUT2D eigenvalue weighted by Crippen LogP contribution is 2.38. The topological polar surface area (TPSA) is 26.3 Å². The van der Waals surface area contributed by atoms with E-state index in [1.807, 2.05) is 0 Å². The molecule has 0 unspecified atom stereocenters. The second-order valence-corrected chi connectivity index (χ2v) is 4.35. The van der Waals surface area contributed by atoms with E-state index in [-0.39, 0.29) is 12.1 Å². The zero-order chi connectivity index (χ0) is 9.42. The number of rotatable bonds is 0. The van der Waals surface area contributed by atoms with E-state index in [0.29, 0.717) is 17.4 Å². The Morgan fingerprint density at radius 1 is 1.46 bits per heavy atom. The third kappa shape index (κ3) is 1.50. The first-order chi connectivity index (χ1) is 6.18. The van der Waals surface area contributed by atoms with Crippen LogP contribution >= 0.6 is 0 Å². The van der Waals surface area contributed by atoms with Gasteiger partial charge in [0.15, 0.2) is 0 Å². The van der Waals surface area contributed by atoms with Crippen molar-refractivity contribution in [3.8, 4) is 0 Å². The SMILES string of the molecule is C=C1C[C@H]2CCC[C@H](C)[C@@H]2OC1=O. The summed E-state index contributed by atoms with van der Waals surface area (Å²) in [5.41, 5.74) is 0.662. The number of carbonyl (C=O) groups excluding carboxylic acids is 1. The molecule has 0 N–H and O–H groups in total. The molecule has 2 rings (SSSR count). The highest BCUT2D eigenvalue weighted by molar-refractivity contribution is 5.88. The largest absolute Gasteiger partial charge is 0.458 e. The van der Waals surface area contributed by atoms with Crippen LogP contribution in [0.25, 0.3) is 0 Å². The molecule has 1 heterocycles. The molecule has 0 spiro atoms. The fraction of sp³-hybridized carbons (Fsp3) is 0.727. The molecule has 2 fully saturated rings. The fourth-order valence-corrected chi connectivity index (χ4v) is 2.53. The van der Waals surface area contributed by atoms with E-state index >= 15 is 0 Å². The van der Waals surface area contributed by atoms with E-state index in [4.69, 9.17) is 4.74 Å². The molecule has 1 saturated carbocycles. The van der Waals surface area contributed by atoms with Crippen LogP contribution in [0.5, 0.6) is 0 Å². The molecule has 0 bridgehead atoms. The molecule has 0 aromatic rings. The molecule has 0 radical (unpaired) electrons. The van der Waals surface area contributed by atoms with Crippen LogP contribution in [0.3, 0.4) is 0 Å². The average Bonchev–Trinajstić information content (AvgIpc) is 2.09. The number of fused-ring (bicyclic) bond motifs is 1. The van der Waals surface area contributed by atoms with Gasteiger partial charge in [0.25, 0.3) is 0 Å². The molecule has 2 heteroatoms. The lowest BCUT2D eigenvalue weighted by molar-refractivity contribution is -0.157. The van der Waals surface area contributed by atoms with Gasteiger partial charge in [0.2, 0.25) is 0 Å². The van der Waals surface area contributed by atoms with Crippen molar-refractivity contribution in [2.24, 2.45) is 11.8 Å². The predicted molar refractivity (Wildman–Crippen MR) is 50.1 cm³/mol. The first-order valence-corrected chi connectivity index (χ1v) is 5.07. The molecule has 0 aromatic carbocycles. The minimum atomic E-state index is -0.171. The highest BCUT2D eigenvalue weighted by Gasteiger charge is 2.38. The fourth-order valence-electron chi connectivity index (χ4n) is 2.53. The molecular weight excluding hydrogens is 164 g/mol. The van der Waals surface area contributed by atoms with Gasteiger partial charge in [0.1, 0.15) is 6.10 Å². The summed E-state index contributed by atoms with van der Waals surface area (Å²) in [6.45, 7) is 5.92. The molecule has 1 aliphatic heterocycles. The molecule has 1 aliphatic carbocycles. The summed E-state index contributed by atoms with van der Waals surface area (Å²) in [7, 11) is 0. The predicted octanol–water partition coefficient (Wildman–Crippen LogP) is 2.29. The van der Waals surface area contributed by atoms with E-state index in [9.17, 15) is 4.79 Å². The van der Waals surface area contributed by atoms with Crippen LogP contribution in [-0.4, -0.2) is 12.1 Å². The molecule has 0 amide bonds. The zero-order valence-corrected chi connectivity index (χ0v) is 8.08. The first kappa shape index (κ1) is 8.79. The van der Waals surface area contributed by atoms with Crippen molar-refractivity contribution in [2.75, 3.05) is 0 Å². The van der Waals surface area contributed by atoms with Crippen LogP contribution in [0.2, 0.25) is 0 Å². The Bertz CT molecular complexity index is 244. The molecule has 13 heavy (non-hydrogen) atoms. The average molecular weight is 180 g/mol. The van der Waals surface area contributed by atoms with Crippen molar-refractivity contribution in [1.82, 2.24) is 0 Å². The number of ether oxygens (including phenoxy) is 1. The van der Waals surface area contributed by atoms with Crippen LogP contribution in [0.15, 0.2) is 12.2 Å². The Hall–Kier alpha value is -0.790. The number of carbonyl (C=O) groups is 1. The summed E-state index contributed by atoms with van der Waals surface area (Å²) in [6, 6.07) is 0. The number of hydrogen-bond donors (Lipinski definition) is 0. The summed E-state index contributed by atoms with van der Waals surface area (Å²) < 4.78 is 5.38. The van der Waals surface area contributed by atoms with Crippen LogP contribution in [0.4, 0.5) is 0 Å². The summed E-state index contributed by atoms with van der Waals surface area (Å²) in [4.78, 5) is 11.3. The Morgan fingerprint density at radius 3 is 3.00 bits per heavy atom. The lowest BCUT2D eigenvalue weighted by atomic mass is 9.75. The smallest absolute Gasteiger partial charge is 0.333 e. The highest BCUT2D eigenvalue weighted by atomic mass is 16.5. The van der Waals surface area contributed by atoms with Crippen LogP contribution in [-0.2, 0) is 9.53 Å². The van der Waals surface area contributed by atoms with Crippen LogP contribution in [0, 0.1) is 11.8 Å². The van der Waals surface area contributed by atoms with Gasteiger partial charge in [-0.25, -0.2) is 4.79 Å². The van der Waals surface area contributed by atoms with Gasteiger partial charge in [-0.1, -0.05) is 19.9 Å². The lowest BCUT2D eigenvalue weighted by Crippen LogP contribution is -2.40. The van der Waals surface area contributed by atoms with Gasteiger partial charge in [-0.2, -0.15) is 0 Å². The van der Waals surface area contributed by atoms with Gasteiger partial charge < -0.3 is 4.74 Å². The van der Waals surface area contributed by atoms with Crippen molar-refractivity contribution in [3.63, 3.8) is 0 Å².